The first kappa shape index (κ1) is 15.4. The summed E-state index contributed by atoms with van der Waals surface area (Å²) in [6.07, 6.45) is 0.990. The van der Waals surface area contributed by atoms with Gasteiger partial charge < -0.3 is 11.1 Å². The minimum Gasteiger partial charge on any atom is -0.364 e. The van der Waals surface area contributed by atoms with Crippen molar-refractivity contribution in [2.24, 2.45) is 5.73 Å². The average Bonchev–Trinajstić information content (AvgIpc) is 2.46. The van der Waals surface area contributed by atoms with Crippen molar-refractivity contribution in [2.75, 3.05) is 5.32 Å². The molecule has 0 aliphatic rings. The zero-order chi connectivity index (χ0) is 16.4. The van der Waals surface area contributed by atoms with Gasteiger partial charge in [-0.3, -0.25) is 9.59 Å². The second kappa shape index (κ2) is 5.80. The van der Waals surface area contributed by atoms with E-state index in [1.165, 1.54) is 6.07 Å². The van der Waals surface area contributed by atoms with E-state index >= 15 is 0 Å². The Bertz CT molecular complexity index is 737. The molecule has 0 fully saturated rings. The zero-order valence-corrected chi connectivity index (χ0v) is 10.7. The van der Waals surface area contributed by atoms with Gasteiger partial charge in [-0.1, -0.05) is 0 Å². The Hall–Kier alpha value is -2.97. The summed E-state index contributed by atoms with van der Waals surface area (Å²) in [7, 11) is 0. The predicted molar refractivity (Wildman–Crippen MR) is 67.0 cm³/mol. The average molecular weight is 313 g/mol. The molecule has 3 N–H and O–H groups in total. The highest BCUT2D eigenvalue weighted by molar-refractivity contribution is 6.04. The molecule has 9 heteroatoms. The first-order valence-corrected chi connectivity index (χ1v) is 5.71. The van der Waals surface area contributed by atoms with Crippen LogP contribution < -0.4 is 11.1 Å². The number of halogens is 4. The van der Waals surface area contributed by atoms with Gasteiger partial charge in [-0.25, -0.2) is 22.5 Å². The van der Waals surface area contributed by atoms with Crippen LogP contribution in [0.5, 0.6) is 0 Å². The normalized spacial score (nSPS) is 10.4. The summed E-state index contributed by atoms with van der Waals surface area (Å²) in [4.78, 5) is 26.1. The molecule has 114 valence electrons. The molecule has 0 aliphatic heterocycles. The minimum absolute atomic E-state index is 0.00927. The third-order valence-electron chi connectivity index (χ3n) is 2.61. The van der Waals surface area contributed by atoms with Gasteiger partial charge in [0.25, 0.3) is 11.8 Å². The molecule has 2 rings (SSSR count). The number of benzene rings is 1. The molecule has 5 nitrogen and oxygen atoms in total. The molecular weight excluding hydrogens is 306 g/mol. The van der Waals surface area contributed by atoms with Crippen molar-refractivity contribution in [1.82, 2.24) is 4.98 Å². The SMILES string of the molecule is NC(=O)c1ccc(NC(=O)c2c(F)c(F)cc(F)c2F)cn1. The maximum atomic E-state index is 13.4. The summed E-state index contributed by atoms with van der Waals surface area (Å²) in [6.45, 7) is 0. The third kappa shape index (κ3) is 2.87. The van der Waals surface area contributed by atoms with Crippen LogP contribution in [-0.2, 0) is 0 Å². The Labute approximate surface area is 120 Å². The minimum atomic E-state index is -1.82. The predicted octanol–water partition coefficient (Wildman–Crippen LogP) is 1.99. The van der Waals surface area contributed by atoms with Gasteiger partial charge in [0, 0.05) is 6.07 Å². The molecule has 2 amide bonds. The highest BCUT2D eigenvalue weighted by Gasteiger charge is 2.24. The number of primary amides is 1. The maximum Gasteiger partial charge on any atom is 0.267 e. The van der Waals surface area contributed by atoms with Gasteiger partial charge in [0.2, 0.25) is 0 Å². The molecule has 0 spiro atoms. The quantitative estimate of drug-likeness (QED) is 0.671. The Balaban J connectivity index is 2.32. The van der Waals surface area contributed by atoms with E-state index < -0.39 is 40.6 Å². The molecule has 0 radical (unpaired) electrons. The van der Waals surface area contributed by atoms with Gasteiger partial charge in [-0.2, -0.15) is 0 Å². The molecule has 0 atom stereocenters. The van der Waals surface area contributed by atoms with Crippen molar-refractivity contribution in [2.45, 2.75) is 0 Å². The van der Waals surface area contributed by atoms with Crippen molar-refractivity contribution in [3.63, 3.8) is 0 Å². The monoisotopic (exact) mass is 313 g/mol. The number of carbonyl (C=O) groups excluding carboxylic acids is 2. The number of nitrogens with two attached hydrogens (primary N) is 1. The van der Waals surface area contributed by atoms with Gasteiger partial charge in [-0.15, -0.1) is 0 Å². The summed E-state index contributed by atoms with van der Waals surface area (Å²) in [5.74, 6) is -9.28. The number of hydrogen-bond donors (Lipinski definition) is 2. The van der Waals surface area contributed by atoms with Crippen molar-refractivity contribution in [3.05, 3.63) is 58.9 Å². The summed E-state index contributed by atoms with van der Waals surface area (Å²) < 4.78 is 53.0. The van der Waals surface area contributed by atoms with Crippen LogP contribution in [0.1, 0.15) is 20.8 Å². The fraction of sp³-hybridized carbons (Fsp3) is 0. The topological polar surface area (TPSA) is 85.1 Å². The van der Waals surface area contributed by atoms with Gasteiger partial charge >= 0.3 is 0 Å². The smallest absolute Gasteiger partial charge is 0.267 e. The third-order valence-corrected chi connectivity index (χ3v) is 2.61. The highest BCUT2D eigenvalue weighted by atomic mass is 19.2. The van der Waals surface area contributed by atoms with Gasteiger partial charge in [-0.05, 0) is 12.1 Å². The van der Waals surface area contributed by atoms with E-state index in [0.717, 1.165) is 12.3 Å². The van der Waals surface area contributed by atoms with Gasteiger partial charge in [0.1, 0.15) is 11.3 Å². The number of anilines is 1. The van der Waals surface area contributed by atoms with E-state index in [1.807, 2.05) is 5.32 Å². The van der Waals surface area contributed by atoms with Crippen LogP contribution in [0.4, 0.5) is 23.2 Å². The maximum absolute atomic E-state index is 13.4. The first-order chi connectivity index (χ1) is 10.3. The fourth-order valence-electron chi connectivity index (χ4n) is 1.58. The summed E-state index contributed by atoms with van der Waals surface area (Å²) in [5.41, 5.74) is 3.39. The molecule has 1 aromatic heterocycles. The zero-order valence-electron chi connectivity index (χ0n) is 10.7. The molecule has 0 saturated heterocycles. The van der Waals surface area contributed by atoms with Crippen molar-refractivity contribution >= 4 is 17.5 Å². The molecule has 0 unspecified atom stereocenters. The number of amides is 2. The Kier molecular flexibility index (Phi) is 4.06. The first-order valence-electron chi connectivity index (χ1n) is 5.71. The Morgan fingerprint density at radius 3 is 2.09 bits per heavy atom. The van der Waals surface area contributed by atoms with E-state index in [2.05, 4.69) is 4.98 Å². The largest absolute Gasteiger partial charge is 0.364 e. The van der Waals surface area contributed by atoms with Crippen LogP contribution in [0.3, 0.4) is 0 Å². The van der Waals surface area contributed by atoms with E-state index in [1.54, 1.807) is 0 Å². The molecule has 1 aromatic carbocycles. The summed E-state index contributed by atoms with van der Waals surface area (Å²) in [5, 5.41) is 1.99. The van der Waals surface area contributed by atoms with Crippen LogP contribution in [0.25, 0.3) is 0 Å². The molecule has 2 aromatic rings. The molecule has 0 aliphatic carbocycles. The lowest BCUT2D eigenvalue weighted by Crippen LogP contribution is -2.18. The number of nitrogens with zero attached hydrogens (tertiary/aromatic N) is 1. The second-order valence-electron chi connectivity index (χ2n) is 4.09. The van der Waals surface area contributed by atoms with E-state index in [-0.39, 0.29) is 17.4 Å². The van der Waals surface area contributed by atoms with E-state index in [0.29, 0.717) is 0 Å². The molecule has 0 bridgehead atoms. The van der Waals surface area contributed by atoms with Crippen molar-refractivity contribution in [3.8, 4) is 0 Å². The van der Waals surface area contributed by atoms with Crippen LogP contribution in [0.15, 0.2) is 24.4 Å². The molecule has 22 heavy (non-hydrogen) atoms. The van der Waals surface area contributed by atoms with Crippen LogP contribution >= 0.6 is 0 Å². The van der Waals surface area contributed by atoms with Crippen LogP contribution in [0.2, 0.25) is 0 Å². The lowest BCUT2D eigenvalue weighted by molar-refractivity contribution is 0.0993. The number of nitrogens with one attached hydrogen (secondary N) is 1. The number of hydrogen-bond acceptors (Lipinski definition) is 3. The van der Waals surface area contributed by atoms with E-state index in [4.69, 9.17) is 5.73 Å². The number of carbonyl (C=O) groups is 2. The summed E-state index contributed by atoms with van der Waals surface area (Å²) in [6, 6.07) is 2.32. The van der Waals surface area contributed by atoms with Gasteiger partial charge in [0.05, 0.1) is 11.9 Å². The standard InChI is InChI=1S/C13H7F4N3O2/c14-6-3-7(15)11(17)9(10(6)16)13(22)20-5-1-2-8(12(18)21)19-4-5/h1-4H,(H2,18,21)(H,20,22). The summed E-state index contributed by atoms with van der Waals surface area (Å²) >= 11 is 0. The number of pyridine rings is 1. The Morgan fingerprint density at radius 1 is 1.05 bits per heavy atom. The number of rotatable bonds is 3. The van der Waals surface area contributed by atoms with E-state index in [9.17, 15) is 27.2 Å². The van der Waals surface area contributed by atoms with Crippen molar-refractivity contribution in [1.29, 1.82) is 0 Å². The second-order valence-corrected chi connectivity index (χ2v) is 4.09. The molecule has 0 saturated carbocycles. The number of aromatic nitrogens is 1. The lowest BCUT2D eigenvalue weighted by Gasteiger charge is -2.08. The van der Waals surface area contributed by atoms with Gasteiger partial charge in [0.15, 0.2) is 23.3 Å². The Morgan fingerprint density at radius 2 is 1.64 bits per heavy atom. The fourth-order valence-corrected chi connectivity index (χ4v) is 1.58. The van der Waals surface area contributed by atoms with Crippen LogP contribution in [0, 0.1) is 23.3 Å². The van der Waals surface area contributed by atoms with Crippen LogP contribution in [-0.4, -0.2) is 16.8 Å². The molecular formula is C13H7F4N3O2. The lowest BCUT2D eigenvalue weighted by atomic mass is 10.1. The highest BCUT2D eigenvalue weighted by Crippen LogP contribution is 2.20. The van der Waals surface area contributed by atoms with Crippen molar-refractivity contribution < 1.29 is 27.2 Å². The molecule has 1 heterocycles.